The predicted molar refractivity (Wildman–Crippen MR) is 55.0 cm³/mol. The molecule has 0 aromatic carbocycles. The first-order valence-corrected chi connectivity index (χ1v) is 5.07. The average Bonchev–Trinajstić information content (AvgIpc) is 2.84. The lowest BCUT2D eigenvalue weighted by atomic mass is 10.3. The minimum Gasteiger partial charge on any atom is -0.358 e. The number of aromatic nitrogens is 2. The van der Waals surface area contributed by atoms with Gasteiger partial charge in [0.25, 0.3) is 5.91 Å². The lowest BCUT2D eigenvalue weighted by Crippen LogP contribution is -2.29. The number of hydrogen-bond acceptors (Lipinski definition) is 4. The van der Waals surface area contributed by atoms with E-state index in [9.17, 15) is 14.9 Å². The van der Waals surface area contributed by atoms with Gasteiger partial charge in [-0.1, -0.05) is 0 Å². The quantitative estimate of drug-likeness (QED) is 0.543. The number of aryl methyl sites for hydroxylation is 1. The maximum Gasteiger partial charge on any atom is 0.390 e. The molecular weight excluding hydrogens is 212 g/mol. The van der Waals surface area contributed by atoms with Crippen LogP contribution in [0, 0.1) is 10.1 Å². The van der Waals surface area contributed by atoms with Gasteiger partial charge >= 0.3 is 5.82 Å². The molecule has 1 aromatic heterocycles. The fraction of sp³-hybridized carbons (Fsp3) is 0.556. The Morgan fingerprint density at radius 1 is 1.50 bits per heavy atom. The Morgan fingerprint density at radius 3 is 2.62 bits per heavy atom. The standard InChI is InChI=1S/C9H12N4O3/c1-11-7(6-8(10-11)13(15)16)9(14)12-4-2-3-5-12/h6H,2-5H2,1H3. The fourth-order valence-corrected chi connectivity index (χ4v) is 1.82. The van der Waals surface area contributed by atoms with Crippen molar-refractivity contribution in [2.75, 3.05) is 13.1 Å². The third-order valence-corrected chi connectivity index (χ3v) is 2.67. The number of carbonyl (C=O) groups is 1. The molecule has 1 aromatic rings. The van der Waals surface area contributed by atoms with Crippen molar-refractivity contribution < 1.29 is 9.72 Å². The van der Waals surface area contributed by atoms with Crippen LogP contribution >= 0.6 is 0 Å². The lowest BCUT2D eigenvalue weighted by Gasteiger charge is -2.13. The summed E-state index contributed by atoms with van der Waals surface area (Å²) in [4.78, 5) is 23.6. The van der Waals surface area contributed by atoms with E-state index in [4.69, 9.17) is 0 Å². The number of carbonyl (C=O) groups excluding carboxylic acids is 1. The number of nitro groups is 1. The number of amides is 1. The molecule has 0 bridgehead atoms. The number of hydrogen-bond donors (Lipinski definition) is 0. The van der Waals surface area contributed by atoms with Crippen LogP contribution in [0.4, 0.5) is 5.82 Å². The highest BCUT2D eigenvalue weighted by molar-refractivity contribution is 5.93. The van der Waals surface area contributed by atoms with E-state index in [1.807, 2.05) is 0 Å². The zero-order chi connectivity index (χ0) is 11.7. The largest absolute Gasteiger partial charge is 0.390 e. The van der Waals surface area contributed by atoms with E-state index in [2.05, 4.69) is 5.10 Å². The highest BCUT2D eigenvalue weighted by Gasteiger charge is 2.26. The van der Waals surface area contributed by atoms with Crippen molar-refractivity contribution in [2.24, 2.45) is 7.05 Å². The van der Waals surface area contributed by atoms with Crippen molar-refractivity contribution in [1.29, 1.82) is 0 Å². The molecule has 1 amide bonds. The molecule has 1 fully saturated rings. The lowest BCUT2D eigenvalue weighted by molar-refractivity contribution is -0.389. The molecule has 0 spiro atoms. The Bertz CT molecular complexity index is 434. The predicted octanol–water partition coefficient (Wildman–Crippen LogP) is 0.564. The number of rotatable bonds is 2. The Kier molecular flexibility index (Phi) is 2.59. The smallest absolute Gasteiger partial charge is 0.358 e. The maximum absolute atomic E-state index is 11.9. The van der Waals surface area contributed by atoms with E-state index in [1.54, 1.807) is 4.90 Å². The Morgan fingerprint density at radius 2 is 2.12 bits per heavy atom. The van der Waals surface area contributed by atoms with Gasteiger partial charge in [0.15, 0.2) is 5.69 Å². The Labute approximate surface area is 91.8 Å². The molecule has 1 aliphatic rings. The van der Waals surface area contributed by atoms with Crippen LogP contribution in [-0.4, -0.2) is 38.6 Å². The second kappa shape index (κ2) is 3.92. The van der Waals surface area contributed by atoms with Crippen LogP contribution in [-0.2, 0) is 7.05 Å². The molecule has 0 saturated carbocycles. The van der Waals surface area contributed by atoms with Gasteiger partial charge in [-0.2, -0.15) is 4.68 Å². The molecule has 1 aliphatic heterocycles. The highest BCUT2D eigenvalue weighted by Crippen LogP contribution is 2.16. The van der Waals surface area contributed by atoms with Gasteiger partial charge in [-0.15, -0.1) is 0 Å². The fourth-order valence-electron chi connectivity index (χ4n) is 1.82. The molecule has 7 heteroatoms. The first-order valence-electron chi connectivity index (χ1n) is 5.07. The van der Waals surface area contributed by atoms with Crippen molar-refractivity contribution in [1.82, 2.24) is 14.7 Å². The SMILES string of the molecule is Cn1nc([N+](=O)[O-])cc1C(=O)N1CCCC1. The van der Waals surface area contributed by atoms with E-state index >= 15 is 0 Å². The van der Waals surface area contributed by atoms with Gasteiger partial charge in [0, 0.05) is 13.1 Å². The second-order valence-electron chi connectivity index (χ2n) is 3.77. The summed E-state index contributed by atoms with van der Waals surface area (Å²) < 4.78 is 1.26. The molecule has 0 N–H and O–H groups in total. The Balaban J connectivity index is 2.25. The molecule has 2 heterocycles. The summed E-state index contributed by atoms with van der Waals surface area (Å²) in [5.41, 5.74) is 0.272. The second-order valence-corrected chi connectivity index (χ2v) is 3.77. The molecule has 2 rings (SSSR count). The first kappa shape index (κ1) is 10.6. The molecule has 0 unspecified atom stereocenters. The zero-order valence-corrected chi connectivity index (χ0v) is 8.92. The third kappa shape index (κ3) is 1.75. The van der Waals surface area contributed by atoms with Gasteiger partial charge in [0.2, 0.25) is 0 Å². The van der Waals surface area contributed by atoms with Crippen LogP contribution in [0.1, 0.15) is 23.3 Å². The minimum atomic E-state index is -0.596. The molecule has 0 aliphatic carbocycles. The molecule has 0 radical (unpaired) electrons. The number of likely N-dealkylation sites (tertiary alicyclic amines) is 1. The van der Waals surface area contributed by atoms with Gasteiger partial charge in [-0.05, 0) is 17.8 Å². The van der Waals surface area contributed by atoms with E-state index in [1.165, 1.54) is 17.8 Å². The molecule has 0 atom stereocenters. The normalized spacial score (nSPS) is 15.4. The summed E-state index contributed by atoms with van der Waals surface area (Å²) in [6.07, 6.45) is 1.98. The van der Waals surface area contributed by atoms with E-state index in [-0.39, 0.29) is 17.4 Å². The van der Waals surface area contributed by atoms with E-state index < -0.39 is 4.92 Å². The topological polar surface area (TPSA) is 81.3 Å². The highest BCUT2D eigenvalue weighted by atomic mass is 16.6. The maximum atomic E-state index is 11.9. The van der Waals surface area contributed by atoms with Crippen LogP contribution in [0.3, 0.4) is 0 Å². The monoisotopic (exact) mass is 224 g/mol. The van der Waals surface area contributed by atoms with Crippen molar-refractivity contribution in [3.63, 3.8) is 0 Å². The van der Waals surface area contributed by atoms with Crippen molar-refractivity contribution in [3.05, 3.63) is 21.9 Å². The van der Waals surface area contributed by atoms with Gasteiger partial charge < -0.3 is 15.0 Å². The summed E-state index contributed by atoms with van der Waals surface area (Å²) in [6.45, 7) is 1.44. The van der Waals surface area contributed by atoms with E-state index in [0.717, 1.165) is 25.9 Å². The van der Waals surface area contributed by atoms with Gasteiger partial charge in [-0.25, -0.2) is 0 Å². The van der Waals surface area contributed by atoms with Crippen LogP contribution in [0.5, 0.6) is 0 Å². The summed E-state index contributed by atoms with van der Waals surface area (Å²) >= 11 is 0. The summed E-state index contributed by atoms with van der Waals surface area (Å²) in [6, 6.07) is 1.22. The average molecular weight is 224 g/mol. The number of nitrogens with zero attached hydrogens (tertiary/aromatic N) is 4. The van der Waals surface area contributed by atoms with Crippen molar-refractivity contribution in [3.8, 4) is 0 Å². The van der Waals surface area contributed by atoms with Gasteiger partial charge in [0.05, 0.1) is 18.2 Å². The van der Waals surface area contributed by atoms with E-state index in [0.29, 0.717) is 0 Å². The summed E-state index contributed by atoms with van der Waals surface area (Å²) in [5, 5.41) is 14.2. The third-order valence-electron chi connectivity index (χ3n) is 2.67. The molecule has 7 nitrogen and oxygen atoms in total. The summed E-state index contributed by atoms with van der Waals surface area (Å²) in [7, 11) is 1.54. The van der Waals surface area contributed by atoms with Crippen molar-refractivity contribution >= 4 is 11.7 Å². The van der Waals surface area contributed by atoms with Gasteiger partial charge in [-0.3, -0.25) is 4.79 Å². The van der Waals surface area contributed by atoms with Crippen LogP contribution < -0.4 is 0 Å². The molecule has 86 valence electrons. The molecular formula is C9H12N4O3. The zero-order valence-electron chi connectivity index (χ0n) is 8.92. The molecule has 1 saturated heterocycles. The van der Waals surface area contributed by atoms with Crippen LogP contribution in [0.25, 0.3) is 0 Å². The van der Waals surface area contributed by atoms with Gasteiger partial charge in [0.1, 0.15) is 0 Å². The Hall–Kier alpha value is -1.92. The summed E-state index contributed by atoms with van der Waals surface area (Å²) in [5.74, 6) is -0.467. The van der Waals surface area contributed by atoms with Crippen LogP contribution in [0.2, 0.25) is 0 Å². The van der Waals surface area contributed by atoms with Crippen molar-refractivity contribution in [2.45, 2.75) is 12.8 Å². The molecule has 16 heavy (non-hydrogen) atoms. The van der Waals surface area contributed by atoms with Crippen LogP contribution in [0.15, 0.2) is 6.07 Å². The first-order chi connectivity index (χ1) is 7.59. The minimum absolute atomic E-state index is 0.180.